The second kappa shape index (κ2) is 9.09. The third kappa shape index (κ3) is 5.76. The van der Waals surface area contributed by atoms with Gasteiger partial charge in [-0.05, 0) is 63.8 Å². The van der Waals surface area contributed by atoms with Crippen molar-refractivity contribution in [1.29, 1.82) is 0 Å². The van der Waals surface area contributed by atoms with Crippen LogP contribution in [0.15, 0.2) is 54.6 Å². The molecule has 1 N–H and O–H groups in total. The van der Waals surface area contributed by atoms with Crippen molar-refractivity contribution in [3.05, 3.63) is 65.7 Å². The number of hydrogen-bond acceptors (Lipinski definition) is 4. The van der Waals surface area contributed by atoms with Crippen molar-refractivity contribution < 1.29 is 19.4 Å². The highest BCUT2D eigenvalue weighted by molar-refractivity contribution is 5.68. The fraction of sp³-hybridized carbons (Fsp3) is 0.480. The van der Waals surface area contributed by atoms with Crippen molar-refractivity contribution in [2.75, 3.05) is 13.1 Å². The topological polar surface area (TPSA) is 59.0 Å². The molecule has 5 nitrogen and oxygen atoms in total. The number of hydrogen-bond donors (Lipinski definition) is 1. The fourth-order valence-corrected chi connectivity index (χ4v) is 3.81. The Balaban J connectivity index is 1.69. The van der Waals surface area contributed by atoms with Gasteiger partial charge in [0.2, 0.25) is 0 Å². The fourth-order valence-electron chi connectivity index (χ4n) is 3.81. The van der Waals surface area contributed by atoms with Crippen molar-refractivity contribution in [3.63, 3.8) is 0 Å². The van der Waals surface area contributed by atoms with E-state index in [0.29, 0.717) is 19.7 Å². The average Bonchev–Trinajstić information content (AvgIpc) is 2.72. The maximum absolute atomic E-state index is 12.5. The van der Waals surface area contributed by atoms with Crippen molar-refractivity contribution >= 4 is 6.09 Å². The first-order valence-corrected chi connectivity index (χ1v) is 10.6. The molecule has 1 heterocycles. The molecule has 1 amide bonds. The van der Waals surface area contributed by atoms with Crippen LogP contribution in [0.2, 0.25) is 0 Å². The first kappa shape index (κ1) is 22.2. The van der Waals surface area contributed by atoms with Crippen LogP contribution in [0.5, 0.6) is 5.75 Å². The van der Waals surface area contributed by atoms with Crippen LogP contribution in [0.3, 0.4) is 0 Å². The molecule has 0 radical (unpaired) electrons. The first-order valence-electron chi connectivity index (χ1n) is 10.6. The lowest BCUT2D eigenvalue weighted by Crippen LogP contribution is -2.48. The third-order valence-electron chi connectivity index (χ3n) is 5.53. The van der Waals surface area contributed by atoms with Crippen LogP contribution >= 0.6 is 0 Å². The van der Waals surface area contributed by atoms with Crippen molar-refractivity contribution in [2.24, 2.45) is 5.92 Å². The van der Waals surface area contributed by atoms with Crippen LogP contribution in [0.4, 0.5) is 4.79 Å². The van der Waals surface area contributed by atoms with Gasteiger partial charge in [0.1, 0.15) is 18.0 Å². The Morgan fingerprint density at radius 2 is 1.83 bits per heavy atom. The van der Waals surface area contributed by atoms with E-state index < -0.39 is 11.2 Å². The molecule has 3 rings (SSSR count). The predicted octanol–water partition coefficient (Wildman–Crippen LogP) is 5.12. The van der Waals surface area contributed by atoms with Gasteiger partial charge in [-0.1, -0.05) is 42.5 Å². The number of nitrogens with zero attached hydrogens (tertiary/aromatic N) is 1. The molecule has 0 aromatic heterocycles. The summed E-state index contributed by atoms with van der Waals surface area (Å²) in [6.07, 6.45) is 1.37. The van der Waals surface area contributed by atoms with Crippen molar-refractivity contribution in [1.82, 2.24) is 4.90 Å². The van der Waals surface area contributed by atoms with E-state index in [0.717, 1.165) is 29.7 Å². The summed E-state index contributed by atoms with van der Waals surface area (Å²) in [4.78, 5) is 14.2. The molecule has 5 heteroatoms. The van der Waals surface area contributed by atoms with E-state index in [2.05, 4.69) is 0 Å². The Kier molecular flexibility index (Phi) is 6.71. The zero-order chi connectivity index (χ0) is 21.8. The summed E-state index contributed by atoms with van der Waals surface area (Å²) >= 11 is 0. The number of piperidine rings is 1. The van der Waals surface area contributed by atoms with Crippen molar-refractivity contribution in [3.8, 4) is 5.75 Å². The Morgan fingerprint density at radius 3 is 2.53 bits per heavy atom. The SMILES string of the molecule is CC(C)(C)OC(=O)N1CCCC(C(C)(O)c2cccc(OCc3ccccc3)c2)C1. The van der Waals surface area contributed by atoms with E-state index >= 15 is 0 Å². The van der Waals surface area contributed by atoms with Gasteiger partial charge in [-0.25, -0.2) is 4.79 Å². The normalized spacial score (nSPS) is 19.1. The lowest BCUT2D eigenvalue weighted by atomic mass is 9.78. The first-order chi connectivity index (χ1) is 14.1. The second-order valence-electron chi connectivity index (χ2n) is 9.22. The molecule has 2 aromatic rings. The molecule has 0 saturated carbocycles. The Morgan fingerprint density at radius 1 is 1.10 bits per heavy atom. The average molecular weight is 412 g/mol. The van der Waals surface area contributed by atoms with Gasteiger partial charge in [0.25, 0.3) is 0 Å². The number of amides is 1. The number of rotatable bonds is 5. The molecule has 0 spiro atoms. The van der Waals surface area contributed by atoms with Crippen LogP contribution in [0.25, 0.3) is 0 Å². The molecule has 1 saturated heterocycles. The van der Waals surface area contributed by atoms with Crippen LogP contribution in [0.1, 0.15) is 51.7 Å². The van der Waals surface area contributed by atoms with Gasteiger partial charge in [-0.2, -0.15) is 0 Å². The highest BCUT2D eigenvalue weighted by Crippen LogP contribution is 2.37. The lowest BCUT2D eigenvalue weighted by Gasteiger charge is -2.41. The molecular formula is C25H33NO4. The Hall–Kier alpha value is -2.53. The number of benzene rings is 2. The number of ether oxygens (including phenoxy) is 2. The minimum absolute atomic E-state index is 0.0804. The zero-order valence-corrected chi connectivity index (χ0v) is 18.4. The molecule has 162 valence electrons. The molecule has 2 aromatic carbocycles. The summed E-state index contributed by atoms with van der Waals surface area (Å²) in [5.74, 6) is 0.638. The number of carbonyl (C=O) groups excluding carboxylic acids is 1. The van der Waals surface area contributed by atoms with Gasteiger partial charge in [-0.15, -0.1) is 0 Å². The monoisotopic (exact) mass is 411 g/mol. The largest absolute Gasteiger partial charge is 0.489 e. The maximum Gasteiger partial charge on any atom is 0.410 e. The van der Waals surface area contributed by atoms with Crippen LogP contribution in [0, 0.1) is 5.92 Å². The van der Waals surface area contributed by atoms with Crippen molar-refractivity contribution in [2.45, 2.75) is 58.3 Å². The number of carbonyl (C=O) groups is 1. The molecular weight excluding hydrogens is 378 g/mol. The van der Waals surface area contributed by atoms with E-state index in [4.69, 9.17) is 9.47 Å². The Labute approximate surface area is 179 Å². The smallest absolute Gasteiger partial charge is 0.410 e. The molecule has 2 unspecified atom stereocenters. The van der Waals surface area contributed by atoms with Gasteiger partial charge < -0.3 is 19.5 Å². The number of aliphatic hydroxyl groups is 1. The summed E-state index contributed by atoms with van der Waals surface area (Å²) in [6.45, 7) is 9.02. The molecule has 0 aliphatic carbocycles. The Bertz CT molecular complexity index is 842. The van der Waals surface area contributed by atoms with E-state index in [9.17, 15) is 9.90 Å². The van der Waals surface area contributed by atoms with Gasteiger partial charge >= 0.3 is 6.09 Å². The molecule has 1 fully saturated rings. The molecule has 0 bridgehead atoms. The van der Waals surface area contributed by atoms with Gasteiger partial charge in [0.05, 0.1) is 5.60 Å². The van der Waals surface area contributed by atoms with Crippen LogP contribution < -0.4 is 4.74 Å². The summed E-state index contributed by atoms with van der Waals surface area (Å²) in [5, 5.41) is 11.4. The standard InChI is InChI=1S/C25H33NO4/c1-24(2,3)30-23(27)26-15-9-13-21(17-26)25(4,28)20-12-8-14-22(16-20)29-18-19-10-6-5-7-11-19/h5-8,10-12,14,16,21,28H,9,13,15,17-18H2,1-4H3. The number of likely N-dealkylation sites (tertiary alicyclic amines) is 1. The quantitative estimate of drug-likeness (QED) is 0.742. The highest BCUT2D eigenvalue weighted by atomic mass is 16.6. The van der Waals surface area contributed by atoms with E-state index in [1.165, 1.54) is 0 Å². The molecule has 30 heavy (non-hydrogen) atoms. The third-order valence-corrected chi connectivity index (χ3v) is 5.53. The zero-order valence-electron chi connectivity index (χ0n) is 18.4. The van der Waals surface area contributed by atoms with Gasteiger partial charge in [0, 0.05) is 19.0 Å². The van der Waals surface area contributed by atoms with Gasteiger partial charge in [0.15, 0.2) is 0 Å². The van der Waals surface area contributed by atoms with Crippen LogP contribution in [-0.2, 0) is 16.9 Å². The maximum atomic E-state index is 12.5. The minimum Gasteiger partial charge on any atom is -0.489 e. The molecule has 1 aliphatic rings. The molecule has 2 atom stereocenters. The van der Waals surface area contributed by atoms with Gasteiger partial charge in [-0.3, -0.25) is 0 Å². The van der Waals surface area contributed by atoms with E-state index in [1.54, 1.807) is 4.90 Å². The lowest BCUT2D eigenvalue weighted by molar-refractivity contribution is -0.0439. The summed E-state index contributed by atoms with van der Waals surface area (Å²) < 4.78 is 11.5. The van der Waals surface area contributed by atoms with E-state index in [1.807, 2.05) is 82.3 Å². The summed E-state index contributed by atoms with van der Waals surface area (Å²) in [7, 11) is 0. The minimum atomic E-state index is -1.08. The van der Waals surface area contributed by atoms with Crippen LogP contribution in [-0.4, -0.2) is 34.8 Å². The highest BCUT2D eigenvalue weighted by Gasteiger charge is 2.39. The predicted molar refractivity (Wildman–Crippen MR) is 117 cm³/mol. The second-order valence-corrected chi connectivity index (χ2v) is 9.22. The van der Waals surface area contributed by atoms with E-state index in [-0.39, 0.29) is 12.0 Å². The summed E-state index contributed by atoms with van der Waals surface area (Å²) in [5.41, 5.74) is 0.281. The summed E-state index contributed by atoms with van der Waals surface area (Å²) in [6, 6.07) is 17.6. The molecule has 1 aliphatic heterocycles.